The molecule has 0 radical (unpaired) electrons. The van der Waals surface area contributed by atoms with Crippen LogP contribution in [0.15, 0.2) is 24.3 Å². The molecule has 30 heavy (non-hydrogen) atoms. The zero-order chi connectivity index (χ0) is 21.3. The number of hydrogen-bond donors (Lipinski definition) is 1. The molecule has 0 aromatic heterocycles. The summed E-state index contributed by atoms with van der Waals surface area (Å²) in [7, 11) is 1.70. The van der Waals surface area contributed by atoms with Crippen LogP contribution < -0.4 is 10.1 Å². The van der Waals surface area contributed by atoms with Gasteiger partial charge in [-0.3, -0.25) is 9.59 Å². The van der Waals surface area contributed by atoms with Crippen molar-refractivity contribution >= 4 is 11.8 Å². The number of nitrogens with zero attached hydrogens (tertiary/aromatic N) is 1. The first-order valence-electron chi connectivity index (χ1n) is 10.9. The van der Waals surface area contributed by atoms with E-state index >= 15 is 0 Å². The predicted molar refractivity (Wildman–Crippen MR) is 108 cm³/mol. The lowest BCUT2D eigenvalue weighted by Crippen LogP contribution is -2.53. The van der Waals surface area contributed by atoms with E-state index < -0.39 is 6.61 Å². The summed E-state index contributed by atoms with van der Waals surface area (Å²) in [4.78, 5) is 27.0. The summed E-state index contributed by atoms with van der Waals surface area (Å²) in [6, 6.07) is 6.25. The smallest absolute Gasteiger partial charge is 0.387 e. The van der Waals surface area contributed by atoms with Gasteiger partial charge in [0, 0.05) is 32.0 Å². The lowest BCUT2D eigenvalue weighted by Gasteiger charge is -2.55. The summed E-state index contributed by atoms with van der Waals surface area (Å²) in [5, 5.41) is 3.04. The zero-order valence-electron chi connectivity index (χ0n) is 17.4. The fourth-order valence-electron chi connectivity index (χ4n) is 6.19. The quantitative estimate of drug-likeness (QED) is 0.692. The Labute approximate surface area is 176 Å². The van der Waals surface area contributed by atoms with E-state index in [0.29, 0.717) is 30.8 Å². The number of hydrogen-bond acceptors (Lipinski definition) is 3. The number of benzene rings is 1. The van der Waals surface area contributed by atoms with Gasteiger partial charge in [-0.15, -0.1) is 0 Å². The van der Waals surface area contributed by atoms with Gasteiger partial charge in [0.05, 0.1) is 0 Å². The van der Waals surface area contributed by atoms with Gasteiger partial charge in [0.15, 0.2) is 0 Å². The van der Waals surface area contributed by atoms with Crippen LogP contribution in [0.4, 0.5) is 8.78 Å². The van der Waals surface area contributed by atoms with Gasteiger partial charge in [-0.2, -0.15) is 8.78 Å². The van der Waals surface area contributed by atoms with Crippen LogP contribution in [0.25, 0.3) is 0 Å². The second kappa shape index (κ2) is 8.52. The number of ether oxygens (including phenoxy) is 1. The first-order valence-corrected chi connectivity index (χ1v) is 10.9. The van der Waals surface area contributed by atoms with Gasteiger partial charge in [-0.25, -0.2) is 0 Å². The average molecular weight is 421 g/mol. The van der Waals surface area contributed by atoms with Gasteiger partial charge >= 0.3 is 6.61 Å². The molecule has 0 atom stereocenters. The van der Waals surface area contributed by atoms with Crippen molar-refractivity contribution in [3.05, 3.63) is 29.8 Å². The molecule has 164 valence electrons. The molecule has 0 unspecified atom stereocenters. The Kier molecular flexibility index (Phi) is 5.98. The minimum Gasteiger partial charge on any atom is -0.435 e. The summed E-state index contributed by atoms with van der Waals surface area (Å²) in [5.74, 6) is 2.32. The number of nitrogens with one attached hydrogen (secondary N) is 1. The first-order chi connectivity index (χ1) is 14.3. The number of halogens is 2. The summed E-state index contributed by atoms with van der Waals surface area (Å²) >= 11 is 0. The van der Waals surface area contributed by atoms with Crippen LogP contribution in [0.2, 0.25) is 0 Å². The van der Waals surface area contributed by atoms with Gasteiger partial charge in [0.25, 0.3) is 0 Å². The van der Waals surface area contributed by atoms with Gasteiger partial charge < -0.3 is 15.0 Å². The van der Waals surface area contributed by atoms with Gasteiger partial charge in [-0.1, -0.05) is 12.1 Å². The Morgan fingerprint density at radius 1 is 1.10 bits per heavy atom. The highest BCUT2D eigenvalue weighted by molar-refractivity contribution is 5.84. The Morgan fingerprint density at radius 2 is 1.67 bits per heavy atom. The van der Waals surface area contributed by atoms with E-state index in [4.69, 9.17) is 0 Å². The Bertz CT molecular complexity index is 746. The highest BCUT2D eigenvalue weighted by Gasteiger charge is 2.54. The Morgan fingerprint density at radius 3 is 2.20 bits per heavy atom. The molecule has 4 saturated carbocycles. The van der Waals surface area contributed by atoms with E-state index in [1.165, 1.54) is 31.4 Å². The third-order valence-electron chi connectivity index (χ3n) is 7.14. The van der Waals surface area contributed by atoms with Crippen molar-refractivity contribution in [2.45, 2.75) is 58.1 Å². The number of carbonyl (C=O) groups is 2. The Balaban J connectivity index is 1.22. The monoisotopic (exact) mass is 420 g/mol. The summed E-state index contributed by atoms with van der Waals surface area (Å²) in [6.45, 7) is -2.13. The zero-order valence-corrected chi connectivity index (χ0v) is 17.4. The molecule has 1 N–H and O–H groups in total. The van der Waals surface area contributed by atoms with Crippen molar-refractivity contribution in [1.29, 1.82) is 0 Å². The van der Waals surface area contributed by atoms with Crippen LogP contribution in [0.5, 0.6) is 5.75 Å². The molecule has 4 aliphatic carbocycles. The van der Waals surface area contributed by atoms with Crippen LogP contribution in [0, 0.1) is 23.2 Å². The van der Waals surface area contributed by atoms with E-state index in [2.05, 4.69) is 10.1 Å². The highest BCUT2D eigenvalue weighted by Crippen LogP contribution is 2.60. The fraction of sp³-hybridized carbons (Fsp3) is 0.652. The molecule has 5 rings (SSSR count). The summed E-state index contributed by atoms with van der Waals surface area (Å²) < 4.78 is 28.8. The number of alkyl halides is 2. The van der Waals surface area contributed by atoms with Gasteiger partial charge in [0.2, 0.25) is 11.8 Å². The second-order valence-electron chi connectivity index (χ2n) is 9.48. The van der Waals surface area contributed by atoms with Crippen LogP contribution in [-0.4, -0.2) is 36.9 Å². The van der Waals surface area contributed by atoms with Crippen LogP contribution >= 0.6 is 0 Å². The molecule has 7 heteroatoms. The maximum absolute atomic E-state index is 12.9. The third-order valence-corrected chi connectivity index (χ3v) is 7.14. The van der Waals surface area contributed by atoms with Crippen molar-refractivity contribution in [3.8, 4) is 5.75 Å². The van der Waals surface area contributed by atoms with Gasteiger partial charge in [0.1, 0.15) is 5.75 Å². The summed E-state index contributed by atoms with van der Waals surface area (Å²) in [6.07, 6.45) is 7.19. The predicted octanol–water partition coefficient (Wildman–Crippen LogP) is 3.97. The van der Waals surface area contributed by atoms with Crippen LogP contribution in [-0.2, 0) is 16.1 Å². The number of carbonyl (C=O) groups excluding carboxylic acids is 2. The van der Waals surface area contributed by atoms with Gasteiger partial charge in [-0.05, 0) is 74.0 Å². The molecule has 0 saturated heterocycles. The molecule has 4 aliphatic rings. The van der Waals surface area contributed by atoms with Crippen LogP contribution in [0.1, 0.15) is 50.5 Å². The number of rotatable bonds is 8. The molecular weight excluding hydrogens is 390 g/mol. The average Bonchev–Trinajstić information content (AvgIpc) is 2.67. The second-order valence-corrected chi connectivity index (χ2v) is 9.48. The van der Waals surface area contributed by atoms with Crippen LogP contribution in [0.3, 0.4) is 0 Å². The topological polar surface area (TPSA) is 58.6 Å². The van der Waals surface area contributed by atoms with E-state index in [1.54, 1.807) is 24.1 Å². The maximum Gasteiger partial charge on any atom is 0.387 e. The van der Waals surface area contributed by atoms with Crippen molar-refractivity contribution in [1.82, 2.24) is 10.2 Å². The lowest BCUT2D eigenvalue weighted by molar-refractivity contribution is -0.146. The van der Waals surface area contributed by atoms with E-state index in [1.807, 2.05) is 0 Å². The molecule has 0 heterocycles. The first kappa shape index (κ1) is 21.1. The SMILES string of the molecule is CN(Cc1ccc(OC(F)F)cc1)C(=O)CCNC(=O)C12CC3CC(CC(C3)C1)C2. The van der Waals surface area contributed by atoms with E-state index in [-0.39, 0.29) is 29.4 Å². The minimum absolute atomic E-state index is 0.0614. The van der Waals surface area contributed by atoms with Crippen molar-refractivity contribution < 1.29 is 23.1 Å². The van der Waals surface area contributed by atoms with Crippen molar-refractivity contribution in [3.63, 3.8) is 0 Å². The minimum atomic E-state index is -2.85. The lowest BCUT2D eigenvalue weighted by atomic mass is 9.49. The number of amides is 2. The molecule has 5 nitrogen and oxygen atoms in total. The molecule has 1 aromatic rings. The maximum atomic E-state index is 12.9. The van der Waals surface area contributed by atoms with Crippen molar-refractivity contribution in [2.24, 2.45) is 23.2 Å². The molecular formula is C23H30F2N2O3. The van der Waals surface area contributed by atoms with E-state index in [9.17, 15) is 18.4 Å². The molecule has 4 fully saturated rings. The van der Waals surface area contributed by atoms with Crippen molar-refractivity contribution in [2.75, 3.05) is 13.6 Å². The summed E-state index contributed by atoms with van der Waals surface area (Å²) in [5.41, 5.74) is 0.635. The molecule has 2 amide bonds. The molecule has 0 spiro atoms. The third kappa shape index (κ3) is 4.60. The molecule has 4 bridgehead atoms. The largest absolute Gasteiger partial charge is 0.435 e. The normalized spacial score (nSPS) is 29.1. The van der Waals surface area contributed by atoms with E-state index in [0.717, 1.165) is 24.8 Å². The molecule has 1 aromatic carbocycles. The Hall–Kier alpha value is -2.18. The highest BCUT2D eigenvalue weighted by atomic mass is 19.3. The molecule has 0 aliphatic heterocycles. The fourth-order valence-corrected chi connectivity index (χ4v) is 6.19. The standard InChI is InChI=1S/C23H30F2N2O3/c1-27(14-15-2-4-19(5-3-15)30-22(24)25)20(28)6-7-26-21(29)23-11-16-8-17(12-23)10-18(9-16)13-23/h2-5,16-18,22H,6-14H2,1H3,(H,26,29).